The minimum Gasteiger partial charge on any atom is -0.347 e. The molecule has 0 aromatic heterocycles. The van der Waals surface area contributed by atoms with Gasteiger partial charge in [0.05, 0.1) is 26.2 Å². The van der Waals surface area contributed by atoms with Crippen LogP contribution in [0.2, 0.25) is 5.02 Å². The standard InChI is InChI=1S/C20H22ClN3O2/c21-18-8-4-5-16(13-18)14-22-19(25)15-23-9-11-24(12-10-23)20(26)17-6-2-1-3-7-17/h1-8,13H,9-12,14-15H2,(H,22,25)/p+1. The highest BCUT2D eigenvalue weighted by Gasteiger charge is 2.25. The first-order valence-electron chi connectivity index (χ1n) is 8.81. The van der Waals surface area contributed by atoms with E-state index in [4.69, 9.17) is 11.6 Å². The molecule has 0 unspecified atom stereocenters. The van der Waals surface area contributed by atoms with Crippen LogP contribution in [0.4, 0.5) is 0 Å². The van der Waals surface area contributed by atoms with Gasteiger partial charge >= 0.3 is 0 Å². The summed E-state index contributed by atoms with van der Waals surface area (Å²) in [6.45, 7) is 3.81. The Morgan fingerprint density at radius 2 is 1.77 bits per heavy atom. The number of hydrogen-bond acceptors (Lipinski definition) is 2. The molecule has 5 nitrogen and oxygen atoms in total. The van der Waals surface area contributed by atoms with Gasteiger partial charge in [0.2, 0.25) is 0 Å². The Morgan fingerprint density at radius 1 is 1.04 bits per heavy atom. The fourth-order valence-electron chi connectivity index (χ4n) is 3.10. The molecule has 0 saturated carbocycles. The van der Waals surface area contributed by atoms with Crippen LogP contribution in [0.15, 0.2) is 54.6 Å². The summed E-state index contributed by atoms with van der Waals surface area (Å²) in [6, 6.07) is 16.8. The fourth-order valence-corrected chi connectivity index (χ4v) is 3.32. The zero-order valence-corrected chi connectivity index (χ0v) is 15.3. The molecule has 6 heteroatoms. The van der Waals surface area contributed by atoms with Gasteiger partial charge in [-0.25, -0.2) is 0 Å². The number of nitrogens with zero attached hydrogens (tertiary/aromatic N) is 1. The summed E-state index contributed by atoms with van der Waals surface area (Å²) in [4.78, 5) is 27.7. The predicted molar refractivity (Wildman–Crippen MR) is 101 cm³/mol. The highest BCUT2D eigenvalue weighted by molar-refractivity contribution is 6.30. The van der Waals surface area contributed by atoms with E-state index in [9.17, 15) is 9.59 Å². The largest absolute Gasteiger partial charge is 0.347 e. The fraction of sp³-hybridized carbons (Fsp3) is 0.300. The summed E-state index contributed by atoms with van der Waals surface area (Å²) in [7, 11) is 0. The van der Waals surface area contributed by atoms with Crippen LogP contribution in [0, 0.1) is 0 Å². The van der Waals surface area contributed by atoms with Gasteiger partial charge in [-0.15, -0.1) is 0 Å². The van der Waals surface area contributed by atoms with Crippen molar-refractivity contribution in [3.63, 3.8) is 0 Å². The topological polar surface area (TPSA) is 53.9 Å². The molecule has 0 aliphatic carbocycles. The Morgan fingerprint density at radius 3 is 2.46 bits per heavy atom. The molecule has 1 heterocycles. The first-order chi connectivity index (χ1) is 12.6. The number of piperazine rings is 1. The number of benzene rings is 2. The van der Waals surface area contributed by atoms with Crippen LogP contribution in [0.3, 0.4) is 0 Å². The van der Waals surface area contributed by atoms with Crippen molar-refractivity contribution in [2.24, 2.45) is 0 Å². The third-order valence-corrected chi connectivity index (χ3v) is 4.80. The number of carbonyl (C=O) groups is 2. The second-order valence-electron chi connectivity index (χ2n) is 6.49. The molecular formula is C20H23ClN3O2+. The van der Waals surface area contributed by atoms with Crippen molar-refractivity contribution in [1.29, 1.82) is 0 Å². The molecule has 1 aliphatic heterocycles. The molecule has 1 aliphatic rings. The van der Waals surface area contributed by atoms with Gasteiger partial charge < -0.3 is 15.1 Å². The van der Waals surface area contributed by atoms with E-state index in [2.05, 4.69) is 5.32 Å². The summed E-state index contributed by atoms with van der Waals surface area (Å²) in [5.74, 6) is 0.0814. The Bertz CT molecular complexity index is 759. The number of carbonyl (C=O) groups excluding carboxylic acids is 2. The van der Waals surface area contributed by atoms with Crippen LogP contribution in [0.5, 0.6) is 0 Å². The summed E-state index contributed by atoms with van der Waals surface area (Å²) in [5, 5.41) is 3.60. The maximum atomic E-state index is 12.4. The van der Waals surface area contributed by atoms with E-state index >= 15 is 0 Å². The third kappa shape index (κ3) is 5.07. The van der Waals surface area contributed by atoms with Crippen LogP contribution in [0.1, 0.15) is 15.9 Å². The minimum atomic E-state index is 0.0165. The average Bonchev–Trinajstić information content (AvgIpc) is 2.67. The summed E-state index contributed by atoms with van der Waals surface area (Å²) < 4.78 is 0. The van der Waals surface area contributed by atoms with E-state index in [0.717, 1.165) is 24.2 Å². The van der Waals surface area contributed by atoms with Crippen LogP contribution < -0.4 is 10.2 Å². The Labute approximate surface area is 158 Å². The molecule has 26 heavy (non-hydrogen) atoms. The average molecular weight is 373 g/mol. The monoisotopic (exact) mass is 372 g/mol. The van der Waals surface area contributed by atoms with E-state index in [1.54, 1.807) is 0 Å². The van der Waals surface area contributed by atoms with Crippen molar-refractivity contribution in [1.82, 2.24) is 10.2 Å². The van der Waals surface area contributed by atoms with Crippen molar-refractivity contribution in [2.45, 2.75) is 6.54 Å². The molecule has 1 saturated heterocycles. The van der Waals surface area contributed by atoms with Gasteiger partial charge in [-0.2, -0.15) is 0 Å². The highest BCUT2D eigenvalue weighted by Crippen LogP contribution is 2.10. The van der Waals surface area contributed by atoms with Gasteiger partial charge in [-0.3, -0.25) is 9.59 Å². The number of rotatable bonds is 5. The lowest BCUT2D eigenvalue weighted by atomic mass is 10.2. The lowest BCUT2D eigenvalue weighted by Crippen LogP contribution is -3.15. The van der Waals surface area contributed by atoms with Crippen LogP contribution in [-0.4, -0.2) is 49.4 Å². The smallest absolute Gasteiger partial charge is 0.275 e. The molecule has 1 fully saturated rings. The van der Waals surface area contributed by atoms with E-state index in [1.165, 1.54) is 4.90 Å². The molecule has 3 rings (SSSR count). The number of nitrogens with one attached hydrogen (secondary N) is 2. The Hall–Kier alpha value is -2.37. The second kappa shape index (κ2) is 8.83. The van der Waals surface area contributed by atoms with Gasteiger partial charge in [-0.05, 0) is 29.8 Å². The van der Waals surface area contributed by atoms with Gasteiger partial charge in [0.25, 0.3) is 11.8 Å². The molecule has 136 valence electrons. The quantitative estimate of drug-likeness (QED) is 0.822. The predicted octanol–water partition coefficient (Wildman–Crippen LogP) is 0.997. The molecule has 0 radical (unpaired) electrons. The molecule has 2 N–H and O–H groups in total. The SMILES string of the molecule is O=C(C[NH+]1CCN(C(=O)c2ccccc2)CC1)NCc1cccc(Cl)c1. The summed E-state index contributed by atoms with van der Waals surface area (Å²) in [6.07, 6.45) is 0. The van der Waals surface area contributed by atoms with E-state index in [-0.39, 0.29) is 11.8 Å². The van der Waals surface area contributed by atoms with E-state index < -0.39 is 0 Å². The highest BCUT2D eigenvalue weighted by atomic mass is 35.5. The molecule has 0 atom stereocenters. The molecular weight excluding hydrogens is 350 g/mol. The van der Waals surface area contributed by atoms with Gasteiger partial charge in [0.1, 0.15) is 0 Å². The van der Waals surface area contributed by atoms with Crippen LogP contribution in [-0.2, 0) is 11.3 Å². The number of amides is 2. The molecule has 2 aromatic rings. The van der Waals surface area contributed by atoms with Crippen molar-refractivity contribution in [3.8, 4) is 0 Å². The normalized spacial score (nSPS) is 14.9. The minimum absolute atomic E-state index is 0.0165. The first kappa shape index (κ1) is 18.4. The zero-order valence-electron chi connectivity index (χ0n) is 14.6. The molecule has 2 amide bonds. The van der Waals surface area contributed by atoms with Crippen molar-refractivity contribution < 1.29 is 14.5 Å². The van der Waals surface area contributed by atoms with E-state index in [1.807, 2.05) is 59.5 Å². The zero-order chi connectivity index (χ0) is 18.4. The van der Waals surface area contributed by atoms with Gasteiger partial charge in [0.15, 0.2) is 6.54 Å². The second-order valence-corrected chi connectivity index (χ2v) is 6.93. The molecule has 0 spiro atoms. The maximum Gasteiger partial charge on any atom is 0.275 e. The number of hydrogen-bond donors (Lipinski definition) is 2. The maximum absolute atomic E-state index is 12.4. The lowest BCUT2D eigenvalue weighted by molar-refractivity contribution is -0.896. The first-order valence-corrected chi connectivity index (χ1v) is 9.18. The lowest BCUT2D eigenvalue weighted by Gasteiger charge is -2.32. The third-order valence-electron chi connectivity index (χ3n) is 4.57. The van der Waals surface area contributed by atoms with Crippen LogP contribution in [0.25, 0.3) is 0 Å². The summed E-state index contributed by atoms with van der Waals surface area (Å²) in [5.41, 5.74) is 1.70. The van der Waals surface area contributed by atoms with Crippen molar-refractivity contribution in [2.75, 3.05) is 32.7 Å². The Kier molecular flexibility index (Phi) is 6.26. The Balaban J connectivity index is 1.42. The van der Waals surface area contributed by atoms with Gasteiger partial charge in [0, 0.05) is 17.1 Å². The van der Waals surface area contributed by atoms with Crippen molar-refractivity contribution in [3.05, 3.63) is 70.7 Å². The number of halogens is 1. The number of quaternary nitrogens is 1. The van der Waals surface area contributed by atoms with Gasteiger partial charge in [-0.1, -0.05) is 41.9 Å². The van der Waals surface area contributed by atoms with Crippen molar-refractivity contribution >= 4 is 23.4 Å². The molecule has 2 aromatic carbocycles. The molecule has 0 bridgehead atoms. The van der Waals surface area contributed by atoms with E-state index in [0.29, 0.717) is 31.2 Å². The van der Waals surface area contributed by atoms with Crippen LogP contribution >= 0.6 is 11.6 Å². The summed E-state index contributed by atoms with van der Waals surface area (Å²) >= 11 is 5.95.